The maximum Gasteiger partial charge on any atom is 0.226 e. The maximum absolute atomic E-state index is 12.4. The lowest BCUT2D eigenvalue weighted by Crippen LogP contribution is -2.43. The maximum atomic E-state index is 12.4. The Bertz CT molecular complexity index is 284. The summed E-state index contributed by atoms with van der Waals surface area (Å²) in [6.45, 7) is 13.0. The fraction of sp³-hybridized carbons (Fsp3) is 0.929. The van der Waals surface area contributed by atoms with E-state index in [0.29, 0.717) is 12.5 Å². The van der Waals surface area contributed by atoms with Crippen molar-refractivity contribution in [2.75, 3.05) is 19.6 Å². The third-order valence-corrected chi connectivity index (χ3v) is 3.79. The summed E-state index contributed by atoms with van der Waals surface area (Å²) in [5, 5.41) is 0. The Morgan fingerprint density at radius 2 is 2.00 bits per heavy atom. The zero-order valence-electron chi connectivity index (χ0n) is 12.0. The van der Waals surface area contributed by atoms with Gasteiger partial charge in [0, 0.05) is 19.0 Å². The SMILES string of the molecule is CCCN(CC(C)(C)CN)C(=O)C1CC1(C)C. The predicted molar refractivity (Wildman–Crippen MR) is 71.6 cm³/mol. The first kappa shape index (κ1) is 14.5. The van der Waals surface area contributed by atoms with Gasteiger partial charge in [-0.2, -0.15) is 0 Å². The van der Waals surface area contributed by atoms with Gasteiger partial charge in [-0.3, -0.25) is 4.79 Å². The molecule has 2 N–H and O–H groups in total. The van der Waals surface area contributed by atoms with Gasteiger partial charge in [-0.05, 0) is 30.2 Å². The van der Waals surface area contributed by atoms with E-state index in [-0.39, 0.29) is 16.7 Å². The lowest BCUT2D eigenvalue weighted by atomic mass is 9.92. The van der Waals surface area contributed by atoms with Crippen molar-refractivity contribution in [1.82, 2.24) is 4.90 Å². The van der Waals surface area contributed by atoms with E-state index < -0.39 is 0 Å². The summed E-state index contributed by atoms with van der Waals surface area (Å²) in [4.78, 5) is 14.4. The lowest BCUT2D eigenvalue weighted by molar-refractivity contribution is -0.134. The van der Waals surface area contributed by atoms with Crippen molar-refractivity contribution in [2.45, 2.75) is 47.5 Å². The molecule has 3 nitrogen and oxygen atoms in total. The molecule has 0 saturated heterocycles. The molecule has 0 heterocycles. The second-order valence-corrected chi connectivity index (χ2v) is 6.87. The van der Waals surface area contributed by atoms with Crippen molar-refractivity contribution in [3.05, 3.63) is 0 Å². The highest BCUT2D eigenvalue weighted by Crippen LogP contribution is 2.52. The van der Waals surface area contributed by atoms with Crippen LogP contribution in [0.3, 0.4) is 0 Å². The van der Waals surface area contributed by atoms with Crippen LogP contribution >= 0.6 is 0 Å². The van der Waals surface area contributed by atoms with Crippen molar-refractivity contribution in [3.8, 4) is 0 Å². The molecule has 1 amide bonds. The molecule has 1 rings (SSSR count). The van der Waals surface area contributed by atoms with Gasteiger partial charge in [-0.15, -0.1) is 0 Å². The predicted octanol–water partition coefficient (Wildman–Crippen LogP) is 2.26. The van der Waals surface area contributed by atoms with E-state index in [4.69, 9.17) is 5.73 Å². The molecule has 0 aromatic heterocycles. The number of hydrogen-bond acceptors (Lipinski definition) is 2. The largest absolute Gasteiger partial charge is 0.342 e. The number of carbonyl (C=O) groups excluding carboxylic acids is 1. The van der Waals surface area contributed by atoms with Gasteiger partial charge in [0.1, 0.15) is 0 Å². The van der Waals surface area contributed by atoms with Crippen LogP contribution in [0.4, 0.5) is 0 Å². The number of nitrogens with zero attached hydrogens (tertiary/aromatic N) is 1. The number of hydrogen-bond donors (Lipinski definition) is 1. The Hall–Kier alpha value is -0.570. The molecule has 0 aromatic rings. The molecule has 0 radical (unpaired) electrons. The third kappa shape index (κ3) is 3.70. The number of amides is 1. The zero-order valence-corrected chi connectivity index (χ0v) is 12.0. The highest BCUT2D eigenvalue weighted by atomic mass is 16.2. The fourth-order valence-electron chi connectivity index (χ4n) is 2.23. The summed E-state index contributed by atoms with van der Waals surface area (Å²) < 4.78 is 0. The Kier molecular flexibility index (Phi) is 4.23. The van der Waals surface area contributed by atoms with Gasteiger partial charge in [0.05, 0.1) is 0 Å². The average molecular weight is 240 g/mol. The molecular formula is C14H28N2O. The van der Waals surface area contributed by atoms with Gasteiger partial charge >= 0.3 is 0 Å². The zero-order chi connectivity index (χ0) is 13.3. The van der Waals surface area contributed by atoms with E-state index in [1.54, 1.807) is 0 Å². The lowest BCUT2D eigenvalue weighted by Gasteiger charge is -2.32. The van der Waals surface area contributed by atoms with E-state index in [9.17, 15) is 4.79 Å². The standard InChI is InChI=1S/C14H28N2O/c1-6-7-16(10-13(2,3)9-15)12(17)11-8-14(11,4)5/h11H,6-10,15H2,1-5H3. The first-order valence-corrected chi connectivity index (χ1v) is 6.72. The van der Waals surface area contributed by atoms with Crippen molar-refractivity contribution < 1.29 is 4.79 Å². The van der Waals surface area contributed by atoms with E-state index in [0.717, 1.165) is 25.9 Å². The van der Waals surface area contributed by atoms with Crippen molar-refractivity contribution in [3.63, 3.8) is 0 Å². The Morgan fingerprint density at radius 3 is 2.35 bits per heavy atom. The Morgan fingerprint density at radius 1 is 1.47 bits per heavy atom. The van der Waals surface area contributed by atoms with Crippen LogP contribution in [0.5, 0.6) is 0 Å². The Balaban J connectivity index is 2.63. The minimum absolute atomic E-state index is 0.0177. The molecule has 17 heavy (non-hydrogen) atoms. The number of nitrogens with two attached hydrogens (primary N) is 1. The van der Waals surface area contributed by atoms with E-state index in [1.165, 1.54) is 0 Å². The summed E-state index contributed by atoms with van der Waals surface area (Å²) in [6.07, 6.45) is 2.05. The molecule has 0 bridgehead atoms. The minimum atomic E-state index is 0.0177. The molecule has 3 heteroatoms. The minimum Gasteiger partial charge on any atom is -0.342 e. The fourth-order valence-corrected chi connectivity index (χ4v) is 2.23. The van der Waals surface area contributed by atoms with Crippen LogP contribution in [-0.4, -0.2) is 30.4 Å². The van der Waals surface area contributed by atoms with E-state index in [2.05, 4.69) is 34.6 Å². The molecule has 1 aliphatic rings. The van der Waals surface area contributed by atoms with Crippen molar-refractivity contribution >= 4 is 5.91 Å². The molecule has 0 aliphatic heterocycles. The third-order valence-electron chi connectivity index (χ3n) is 3.79. The number of carbonyl (C=O) groups is 1. The van der Waals surface area contributed by atoms with Crippen molar-refractivity contribution in [1.29, 1.82) is 0 Å². The Labute approximate surface area is 106 Å². The van der Waals surface area contributed by atoms with Gasteiger partial charge in [0.15, 0.2) is 0 Å². The quantitative estimate of drug-likeness (QED) is 0.774. The molecule has 1 saturated carbocycles. The van der Waals surface area contributed by atoms with Crippen LogP contribution in [0.15, 0.2) is 0 Å². The van der Waals surface area contributed by atoms with Gasteiger partial charge in [0.25, 0.3) is 0 Å². The summed E-state index contributed by atoms with van der Waals surface area (Å²) >= 11 is 0. The summed E-state index contributed by atoms with van der Waals surface area (Å²) in [6, 6.07) is 0. The monoisotopic (exact) mass is 240 g/mol. The summed E-state index contributed by atoms with van der Waals surface area (Å²) in [5.74, 6) is 0.570. The van der Waals surface area contributed by atoms with Crippen LogP contribution in [0.25, 0.3) is 0 Å². The van der Waals surface area contributed by atoms with Crippen LogP contribution < -0.4 is 5.73 Å². The highest BCUT2D eigenvalue weighted by molar-refractivity contribution is 5.82. The van der Waals surface area contributed by atoms with Crippen LogP contribution in [0.2, 0.25) is 0 Å². The van der Waals surface area contributed by atoms with Gasteiger partial charge in [-0.1, -0.05) is 34.6 Å². The van der Waals surface area contributed by atoms with Gasteiger partial charge < -0.3 is 10.6 Å². The second kappa shape index (κ2) is 4.97. The molecule has 0 aromatic carbocycles. The molecule has 0 spiro atoms. The molecule has 1 unspecified atom stereocenters. The normalized spacial score (nSPS) is 22.4. The first-order chi connectivity index (χ1) is 7.73. The smallest absolute Gasteiger partial charge is 0.226 e. The highest BCUT2D eigenvalue weighted by Gasteiger charge is 2.52. The van der Waals surface area contributed by atoms with Crippen LogP contribution in [0, 0.1) is 16.7 Å². The second-order valence-electron chi connectivity index (χ2n) is 6.87. The van der Waals surface area contributed by atoms with E-state index in [1.807, 2.05) is 4.90 Å². The average Bonchev–Trinajstić information content (AvgIpc) is 2.86. The molecule has 1 aliphatic carbocycles. The van der Waals surface area contributed by atoms with Crippen LogP contribution in [0.1, 0.15) is 47.5 Å². The first-order valence-electron chi connectivity index (χ1n) is 6.72. The topological polar surface area (TPSA) is 46.3 Å². The summed E-state index contributed by atoms with van der Waals surface area (Å²) in [5.41, 5.74) is 5.99. The molecule has 1 atom stereocenters. The molecule has 100 valence electrons. The van der Waals surface area contributed by atoms with Gasteiger partial charge in [0.2, 0.25) is 5.91 Å². The van der Waals surface area contributed by atoms with Gasteiger partial charge in [-0.25, -0.2) is 0 Å². The molecular weight excluding hydrogens is 212 g/mol. The molecule has 1 fully saturated rings. The van der Waals surface area contributed by atoms with Crippen LogP contribution in [-0.2, 0) is 4.79 Å². The summed E-state index contributed by atoms with van der Waals surface area (Å²) in [7, 11) is 0. The van der Waals surface area contributed by atoms with E-state index >= 15 is 0 Å². The van der Waals surface area contributed by atoms with Crippen molar-refractivity contribution in [2.24, 2.45) is 22.5 Å². The number of rotatable bonds is 6.